The van der Waals surface area contributed by atoms with Crippen LogP contribution in [0.25, 0.3) is 10.9 Å². The topological polar surface area (TPSA) is 88.3 Å². The molecule has 100 valence electrons. The summed E-state index contributed by atoms with van der Waals surface area (Å²) < 4.78 is 13.9. The summed E-state index contributed by atoms with van der Waals surface area (Å²) in [5.74, 6) is -0.765. The minimum Gasteiger partial charge on any atom is -0.392 e. The third-order valence-electron chi connectivity index (χ3n) is 2.59. The number of nitro groups is 1. The smallest absolute Gasteiger partial charge is 0.281 e. The van der Waals surface area contributed by atoms with Crippen molar-refractivity contribution in [1.29, 1.82) is 0 Å². The van der Waals surface area contributed by atoms with Crippen molar-refractivity contribution in [2.24, 2.45) is 0 Å². The fourth-order valence-corrected chi connectivity index (χ4v) is 1.76. The van der Waals surface area contributed by atoms with Crippen molar-refractivity contribution in [3.05, 3.63) is 40.3 Å². The van der Waals surface area contributed by atoms with Crippen LogP contribution in [0.1, 0.15) is 6.92 Å². The first-order valence-electron chi connectivity index (χ1n) is 5.64. The summed E-state index contributed by atoms with van der Waals surface area (Å²) in [6.45, 7) is 1.67. The van der Waals surface area contributed by atoms with Gasteiger partial charge in [0, 0.05) is 12.7 Å². The normalized spacial score (nSPS) is 12.4. The lowest BCUT2D eigenvalue weighted by molar-refractivity contribution is -0.383. The maximum atomic E-state index is 13.9. The number of nitro benzene ring substituents is 1. The Kier molecular flexibility index (Phi) is 3.57. The molecule has 1 unspecified atom stereocenters. The van der Waals surface area contributed by atoms with Gasteiger partial charge in [0.1, 0.15) is 5.52 Å². The molecule has 0 fully saturated rings. The van der Waals surface area contributed by atoms with Gasteiger partial charge in [-0.1, -0.05) is 0 Å². The summed E-state index contributed by atoms with van der Waals surface area (Å²) in [6.07, 6.45) is 0.757. The van der Waals surface area contributed by atoms with Gasteiger partial charge in [-0.15, -0.1) is 0 Å². The number of nitrogens with zero attached hydrogens (tertiary/aromatic N) is 2. The summed E-state index contributed by atoms with van der Waals surface area (Å²) in [6, 6.07) is 3.91. The minimum absolute atomic E-state index is 0.0575. The van der Waals surface area contributed by atoms with E-state index in [1.54, 1.807) is 13.0 Å². The van der Waals surface area contributed by atoms with E-state index in [0.717, 1.165) is 6.07 Å². The van der Waals surface area contributed by atoms with Crippen molar-refractivity contribution in [3.8, 4) is 0 Å². The van der Waals surface area contributed by atoms with Gasteiger partial charge in [-0.3, -0.25) is 15.1 Å². The molecule has 0 saturated carbocycles. The molecule has 2 rings (SSSR count). The number of aliphatic hydroxyl groups excluding tert-OH is 1. The average molecular weight is 265 g/mol. The molecule has 0 amide bonds. The maximum Gasteiger partial charge on any atom is 0.281 e. The monoisotopic (exact) mass is 265 g/mol. The molecule has 6 nitrogen and oxygen atoms in total. The molecule has 0 bridgehead atoms. The third-order valence-corrected chi connectivity index (χ3v) is 2.59. The van der Waals surface area contributed by atoms with Crippen molar-refractivity contribution in [2.45, 2.75) is 13.0 Å². The maximum absolute atomic E-state index is 13.9. The fourth-order valence-electron chi connectivity index (χ4n) is 1.76. The highest BCUT2D eigenvalue weighted by molar-refractivity contribution is 5.97. The molecule has 7 heteroatoms. The van der Waals surface area contributed by atoms with Crippen molar-refractivity contribution in [1.82, 2.24) is 4.98 Å². The van der Waals surface area contributed by atoms with Crippen LogP contribution < -0.4 is 5.32 Å². The summed E-state index contributed by atoms with van der Waals surface area (Å²) in [4.78, 5) is 14.2. The zero-order chi connectivity index (χ0) is 14.0. The number of hydrogen-bond donors (Lipinski definition) is 2. The lowest BCUT2D eigenvalue weighted by atomic mass is 10.1. The lowest BCUT2D eigenvalue weighted by Gasteiger charge is -2.11. The fraction of sp³-hybridized carbons (Fsp3) is 0.250. The largest absolute Gasteiger partial charge is 0.392 e. The summed E-state index contributed by atoms with van der Waals surface area (Å²) in [5.41, 5.74) is -0.0971. The number of benzene rings is 1. The Morgan fingerprint density at radius 2 is 2.37 bits per heavy atom. The molecule has 2 aromatic rings. The Morgan fingerprint density at radius 1 is 1.63 bits per heavy atom. The van der Waals surface area contributed by atoms with Gasteiger partial charge in [0.25, 0.3) is 5.69 Å². The van der Waals surface area contributed by atoms with Crippen LogP contribution in [0.5, 0.6) is 0 Å². The Hall–Kier alpha value is -2.28. The first kappa shape index (κ1) is 13.2. The van der Waals surface area contributed by atoms with E-state index in [2.05, 4.69) is 10.3 Å². The van der Waals surface area contributed by atoms with Gasteiger partial charge < -0.3 is 10.4 Å². The van der Waals surface area contributed by atoms with Gasteiger partial charge in [0.05, 0.1) is 28.2 Å². The molecule has 0 aliphatic heterocycles. The predicted octanol–water partition coefficient (Wildman–Crippen LogP) is 2.07. The average Bonchev–Trinajstić information content (AvgIpc) is 2.36. The Bertz CT molecular complexity index is 631. The van der Waals surface area contributed by atoms with Crippen LogP contribution in [0.15, 0.2) is 24.4 Å². The SMILES string of the molecule is CC(O)CNc1c(F)cc([N+](=O)[O-])c2cccnc12. The zero-order valence-corrected chi connectivity index (χ0v) is 10.1. The van der Waals surface area contributed by atoms with Gasteiger partial charge >= 0.3 is 0 Å². The Labute approximate surface area is 108 Å². The van der Waals surface area contributed by atoms with Crippen LogP contribution in [-0.2, 0) is 0 Å². The van der Waals surface area contributed by atoms with E-state index in [-0.39, 0.29) is 28.8 Å². The van der Waals surface area contributed by atoms with Gasteiger partial charge in [-0.2, -0.15) is 0 Å². The molecule has 1 atom stereocenters. The van der Waals surface area contributed by atoms with Crippen LogP contribution >= 0.6 is 0 Å². The second-order valence-electron chi connectivity index (χ2n) is 4.14. The number of non-ortho nitro benzene ring substituents is 1. The highest BCUT2D eigenvalue weighted by Gasteiger charge is 2.19. The van der Waals surface area contributed by atoms with E-state index < -0.39 is 16.8 Å². The van der Waals surface area contributed by atoms with Crippen LogP contribution in [0.2, 0.25) is 0 Å². The first-order chi connectivity index (χ1) is 9.00. The molecule has 1 aromatic carbocycles. The molecule has 0 aliphatic rings. The van der Waals surface area contributed by atoms with E-state index >= 15 is 0 Å². The molecular formula is C12H12FN3O3. The van der Waals surface area contributed by atoms with E-state index in [1.807, 2.05) is 0 Å². The van der Waals surface area contributed by atoms with Crippen molar-refractivity contribution in [2.75, 3.05) is 11.9 Å². The first-order valence-corrected chi connectivity index (χ1v) is 5.64. The molecule has 0 spiro atoms. The van der Waals surface area contributed by atoms with Gasteiger partial charge in [0.2, 0.25) is 0 Å². The molecule has 0 aliphatic carbocycles. The van der Waals surface area contributed by atoms with E-state index in [0.29, 0.717) is 0 Å². The number of nitrogens with one attached hydrogen (secondary N) is 1. The molecule has 19 heavy (non-hydrogen) atoms. The molecular weight excluding hydrogens is 253 g/mol. The standard InChI is InChI=1S/C12H12FN3O3/c1-7(17)6-15-12-9(13)5-10(16(18)19)8-3-2-4-14-11(8)12/h2-5,7,15,17H,6H2,1H3. The van der Waals surface area contributed by atoms with Crippen LogP contribution in [-0.4, -0.2) is 27.7 Å². The van der Waals surface area contributed by atoms with Gasteiger partial charge in [-0.25, -0.2) is 4.39 Å². The number of pyridine rings is 1. The third kappa shape index (κ3) is 2.60. The van der Waals surface area contributed by atoms with Crippen LogP contribution in [0, 0.1) is 15.9 Å². The highest BCUT2D eigenvalue weighted by Crippen LogP contribution is 2.32. The highest BCUT2D eigenvalue weighted by atomic mass is 19.1. The molecule has 1 aromatic heterocycles. The summed E-state index contributed by atoms with van der Waals surface area (Å²) >= 11 is 0. The summed E-state index contributed by atoms with van der Waals surface area (Å²) in [7, 11) is 0. The molecule has 0 saturated heterocycles. The van der Waals surface area contributed by atoms with Crippen molar-refractivity contribution < 1.29 is 14.4 Å². The zero-order valence-electron chi connectivity index (χ0n) is 10.1. The Morgan fingerprint density at radius 3 is 3.00 bits per heavy atom. The molecule has 1 heterocycles. The summed E-state index contributed by atoms with van der Waals surface area (Å²) in [5, 5.41) is 23.1. The van der Waals surface area contributed by atoms with E-state index in [9.17, 15) is 19.6 Å². The lowest BCUT2D eigenvalue weighted by Crippen LogP contribution is -2.16. The number of fused-ring (bicyclic) bond motifs is 1. The number of halogens is 1. The number of aromatic nitrogens is 1. The quantitative estimate of drug-likeness (QED) is 0.652. The van der Waals surface area contributed by atoms with Crippen LogP contribution in [0.4, 0.5) is 15.8 Å². The molecule has 0 radical (unpaired) electrons. The van der Waals surface area contributed by atoms with Gasteiger partial charge in [-0.05, 0) is 19.1 Å². The second-order valence-corrected chi connectivity index (χ2v) is 4.14. The Balaban J connectivity index is 2.61. The van der Waals surface area contributed by atoms with E-state index in [4.69, 9.17) is 0 Å². The van der Waals surface area contributed by atoms with Crippen molar-refractivity contribution >= 4 is 22.3 Å². The molecule has 2 N–H and O–H groups in total. The number of aliphatic hydroxyl groups is 1. The predicted molar refractivity (Wildman–Crippen MR) is 68.5 cm³/mol. The van der Waals surface area contributed by atoms with Crippen LogP contribution in [0.3, 0.4) is 0 Å². The van der Waals surface area contributed by atoms with Crippen molar-refractivity contribution in [3.63, 3.8) is 0 Å². The van der Waals surface area contributed by atoms with Gasteiger partial charge in [0.15, 0.2) is 5.82 Å². The second kappa shape index (κ2) is 5.15. The minimum atomic E-state index is -0.765. The number of hydrogen-bond acceptors (Lipinski definition) is 5. The number of anilines is 1. The van der Waals surface area contributed by atoms with E-state index in [1.165, 1.54) is 12.3 Å². The number of rotatable bonds is 4.